The van der Waals surface area contributed by atoms with Crippen LogP contribution in [0.2, 0.25) is 0 Å². The van der Waals surface area contributed by atoms with Crippen LogP contribution in [-0.2, 0) is 11.2 Å². The molecule has 0 bridgehead atoms. The van der Waals surface area contributed by atoms with E-state index in [0.717, 1.165) is 0 Å². The number of carboxylic acids is 1. The summed E-state index contributed by atoms with van der Waals surface area (Å²) in [4.78, 5) is 10.6. The average Bonchev–Trinajstić information content (AvgIpc) is 2.48. The minimum atomic E-state index is -0.877. The SMILES string of the molecule is O=C(O)Cc1cccc2nnc(Br)n12. The molecule has 5 nitrogen and oxygen atoms in total. The van der Waals surface area contributed by atoms with Gasteiger partial charge in [0.25, 0.3) is 0 Å². The minimum Gasteiger partial charge on any atom is -0.481 e. The van der Waals surface area contributed by atoms with Gasteiger partial charge in [0.2, 0.25) is 4.73 Å². The van der Waals surface area contributed by atoms with Crippen LogP contribution in [-0.4, -0.2) is 25.7 Å². The van der Waals surface area contributed by atoms with Gasteiger partial charge in [0.05, 0.1) is 6.42 Å². The lowest BCUT2D eigenvalue weighted by molar-refractivity contribution is -0.136. The molecule has 0 radical (unpaired) electrons. The van der Waals surface area contributed by atoms with E-state index in [1.165, 1.54) is 0 Å². The lowest BCUT2D eigenvalue weighted by Crippen LogP contribution is -2.05. The molecule has 0 atom stereocenters. The Labute approximate surface area is 87.5 Å². The van der Waals surface area contributed by atoms with Crippen molar-refractivity contribution in [3.8, 4) is 0 Å². The molecular formula is C8H6BrN3O2. The second kappa shape index (κ2) is 3.38. The Hall–Kier alpha value is -1.43. The standard InChI is InChI=1S/C8H6BrN3O2/c9-8-11-10-6-3-1-2-5(12(6)8)4-7(13)14/h1-3H,4H2,(H,13,14). The molecule has 2 aromatic heterocycles. The number of fused-ring (bicyclic) bond motifs is 1. The van der Waals surface area contributed by atoms with Crippen molar-refractivity contribution < 1.29 is 9.90 Å². The highest BCUT2D eigenvalue weighted by Gasteiger charge is 2.09. The topological polar surface area (TPSA) is 67.5 Å². The maximum absolute atomic E-state index is 10.6. The predicted molar refractivity (Wildman–Crippen MR) is 52.0 cm³/mol. The zero-order chi connectivity index (χ0) is 10.1. The molecule has 6 heteroatoms. The van der Waals surface area contributed by atoms with Crippen molar-refractivity contribution in [3.63, 3.8) is 0 Å². The second-order valence-corrected chi connectivity index (χ2v) is 3.46. The Morgan fingerprint density at radius 2 is 2.29 bits per heavy atom. The third-order valence-corrected chi connectivity index (χ3v) is 2.32. The largest absolute Gasteiger partial charge is 0.481 e. The van der Waals surface area contributed by atoms with Crippen LogP contribution >= 0.6 is 15.9 Å². The number of carbonyl (C=O) groups is 1. The van der Waals surface area contributed by atoms with E-state index in [0.29, 0.717) is 16.1 Å². The molecule has 0 spiro atoms. The summed E-state index contributed by atoms with van der Waals surface area (Å²) in [5.41, 5.74) is 1.28. The molecule has 0 saturated heterocycles. The third kappa shape index (κ3) is 1.48. The number of carboxylic acid groups (broad SMARTS) is 1. The molecule has 2 aromatic rings. The van der Waals surface area contributed by atoms with Gasteiger partial charge in [-0.2, -0.15) is 0 Å². The summed E-state index contributed by atoms with van der Waals surface area (Å²) in [7, 11) is 0. The van der Waals surface area contributed by atoms with Crippen molar-refractivity contribution in [2.75, 3.05) is 0 Å². The fraction of sp³-hybridized carbons (Fsp3) is 0.125. The van der Waals surface area contributed by atoms with Gasteiger partial charge in [-0.15, -0.1) is 10.2 Å². The normalized spacial score (nSPS) is 10.6. The molecular weight excluding hydrogens is 250 g/mol. The van der Waals surface area contributed by atoms with E-state index in [1.54, 1.807) is 22.6 Å². The van der Waals surface area contributed by atoms with Gasteiger partial charge in [-0.1, -0.05) is 6.07 Å². The van der Waals surface area contributed by atoms with Gasteiger partial charge in [0, 0.05) is 5.69 Å². The van der Waals surface area contributed by atoms with E-state index >= 15 is 0 Å². The van der Waals surface area contributed by atoms with Crippen LogP contribution in [0.5, 0.6) is 0 Å². The molecule has 1 N–H and O–H groups in total. The Kier molecular flexibility index (Phi) is 2.20. The first-order valence-electron chi connectivity index (χ1n) is 3.89. The Balaban J connectivity index is 2.63. The van der Waals surface area contributed by atoms with E-state index < -0.39 is 5.97 Å². The molecule has 14 heavy (non-hydrogen) atoms. The van der Waals surface area contributed by atoms with Crippen molar-refractivity contribution in [1.82, 2.24) is 14.6 Å². The number of aromatic nitrogens is 3. The molecule has 0 amide bonds. The third-order valence-electron chi connectivity index (χ3n) is 1.80. The Morgan fingerprint density at radius 1 is 1.50 bits per heavy atom. The van der Waals surface area contributed by atoms with Crippen molar-refractivity contribution >= 4 is 27.5 Å². The Bertz CT molecular complexity index is 494. The van der Waals surface area contributed by atoms with Crippen LogP contribution in [0.1, 0.15) is 5.69 Å². The number of hydrogen-bond acceptors (Lipinski definition) is 3. The van der Waals surface area contributed by atoms with Gasteiger partial charge in [-0.05, 0) is 28.1 Å². The molecule has 0 aromatic carbocycles. The summed E-state index contributed by atoms with van der Waals surface area (Å²) in [6.07, 6.45) is -0.0476. The number of nitrogens with zero attached hydrogens (tertiary/aromatic N) is 3. The van der Waals surface area contributed by atoms with Crippen LogP contribution in [0.25, 0.3) is 5.65 Å². The highest BCUT2D eigenvalue weighted by Crippen LogP contribution is 2.13. The molecule has 2 rings (SSSR count). The first-order chi connectivity index (χ1) is 6.68. The fourth-order valence-electron chi connectivity index (χ4n) is 1.26. The number of aliphatic carboxylic acids is 1. The summed E-state index contributed by atoms with van der Waals surface area (Å²) in [6, 6.07) is 5.26. The summed E-state index contributed by atoms with van der Waals surface area (Å²) in [6.45, 7) is 0. The maximum Gasteiger partial charge on any atom is 0.309 e. The van der Waals surface area contributed by atoms with E-state index in [4.69, 9.17) is 5.11 Å². The summed E-state index contributed by atoms with van der Waals surface area (Å²) in [5, 5.41) is 16.3. The minimum absolute atomic E-state index is 0.0476. The van der Waals surface area contributed by atoms with E-state index in [2.05, 4.69) is 26.1 Å². The van der Waals surface area contributed by atoms with Gasteiger partial charge >= 0.3 is 5.97 Å². The predicted octanol–water partition coefficient (Wildman–Crippen LogP) is 1.12. The number of pyridine rings is 1. The summed E-state index contributed by atoms with van der Waals surface area (Å²) < 4.78 is 2.18. The maximum atomic E-state index is 10.6. The van der Waals surface area contributed by atoms with Gasteiger partial charge in [0.1, 0.15) is 0 Å². The van der Waals surface area contributed by atoms with Crippen LogP contribution < -0.4 is 0 Å². The second-order valence-electron chi connectivity index (χ2n) is 2.75. The van der Waals surface area contributed by atoms with Crippen LogP contribution in [0.15, 0.2) is 22.9 Å². The lowest BCUT2D eigenvalue weighted by atomic mass is 10.2. The molecule has 0 aliphatic rings. The average molecular weight is 256 g/mol. The highest BCUT2D eigenvalue weighted by molar-refractivity contribution is 9.10. The summed E-state index contributed by atoms with van der Waals surface area (Å²) in [5.74, 6) is -0.877. The molecule has 2 heterocycles. The van der Waals surface area contributed by atoms with Crippen LogP contribution in [0.3, 0.4) is 0 Å². The molecule has 0 aliphatic heterocycles. The zero-order valence-corrected chi connectivity index (χ0v) is 8.60. The van der Waals surface area contributed by atoms with E-state index in [9.17, 15) is 4.79 Å². The van der Waals surface area contributed by atoms with Gasteiger partial charge < -0.3 is 5.11 Å². The zero-order valence-electron chi connectivity index (χ0n) is 7.01. The van der Waals surface area contributed by atoms with Crippen molar-refractivity contribution in [3.05, 3.63) is 28.6 Å². The van der Waals surface area contributed by atoms with Gasteiger partial charge in [-0.25, -0.2) is 0 Å². The number of rotatable bonds is 2. The van der Waals surface area contributed by atoms with E-state index in [1.807, 2.05) is 0 Å². The first-order valence-corrected chi connectivity index (χ1v) is 4.68. The van der Waals surface area contributed by atoms with Crippen molar-refractivity contribution in [1.29, 1.82) is 0 Å². The van der Waals surface area contributed by atoms with Crippen LogP contribution in [0, 0.1) is 0 Å². The van der Waals surface area contributed by atoms with E-state index in [-0.39, 0.29) is 6.42 Å². The highest BCUT2D eigenvalue weighted by atomic mass is 79.9. The molecule has 0 fully saturated rings. The van der Waals surface area contributed by atoms with Gasteiger partial charge in [-0.3, -0.25) is 9.20 Å². The number of hydrogen-bond donors (Lipinski definition) is 1. The molecule has 72 valence electrons. The van der Waals surface area contributed by atoms with Gasteiger partial charge in [0.15, 0.2) is 5.65 Å². The van der Waals surface area contributed by atoms with Crippen molar-refractivity contribution in [2.24, 2.45) is 0 Å². The molecule has 0 aliphatic carbocycles. The van der Waals surface area contributed by atoms with Crippen LogP contribution in [0.4, 0.5) is 0 Å². The molecule has 0 saturated carbocycles. The quantitative estimate of drug-likeness (QED) is 0.874. The smallest absolute Gasteiger partial charge is 0.309 e. The van der Waals surface area contributed by atoms with Crippen molar-refractivity contribution in [2.45, 2.75) is 6.42 Å². The summed E-state index contributed by atoms with van der Waals surface area (Å²) >= 11 is 3.20. The lowest BCUT2D eigenvalue weighted by Gasteiger charge is -2.01. The fourth-order valence-corrected chi connectivity index (χ4v) is 1.75. The first kappa shape index (κ1) is 9.14. The number of halogens is 1. The Morgan fingerprint density at radius 3 is 3.00 bits per heavy atom. The molecule has 0 unspecified atom stereocenters. The monoisotopic (exact) mass is 255 g/mol.